The normalized spacial score (nSPS) is 13.0. The third-order valence-corrected chi connectivity index (χ3v) is 2.18. The zero-order valence-corrected chi connectivity index (χ0v) is 8.54. The molecule has 13 heavy (non-hydrogen) atoms. The van der Waals surface area contributed by atoms with Crippen LogP contribution in [0.2, 0.25) is 0 Å². The van der Waals surface area contributed by atoms with Gasteiger partial charge in [-0.25, -0.2) is 5.84 Å². The third-order valence-electron chi connectivity index (χ3n) is 2.18. The average molecular weight is 189 g/mol. The molecule has 1 unspecified atom stereocenters. The fraction of sp³-hybridized carbons (Fsp3) is 0.875. The summed E-state index contributed by atoms with van der Waals surface area (Å²) in [7, 11) is 1.98. The van der Waals surface area contributed by atoms with E-state index >= 15 is 0 Å². The molecule has 0 spiro atoms. The minimum absolute atomic E-state index is 0.336. The molecule has 0 rings (SSSR count). The number of nitrogens with two attached hydrogens (primary N) is 1. The van der Waals surface area contributed by atoms with E-state index in [4.69, 9.17) is 5.84 Å². The van der Waals surface area contributed by atoms with Gasteiger partial charge in [0.15, 0.2) is 0 Å². The highest BCUT2D eigenvalue weighted by Gasteiger charge is 2.09. The summed E-state index contributed by atoms with van der Waals surface area (Å²) >= 11 is 0. The molecule has 0 aromatic carbocycles. The van der Waals surface area contributed by atoms with Crippen LogP contribution < -0.4 is 11.4 Å². The van der Waals surface area contributed by atoms with Gasteiger partial charge in [0, 0.05) is 12.6 Å². The monoisotopic (exact) mass is 189 g/mol. The van der Waals surface area contributed by atoms with Crippen molar-refractivity contribution in [2.24, 2.45) is 5.84 Å². The predicted octanol–water partition coefficient (Wildman–Crippen LogP) is 0.0283. The van der Waals surface area contributed by atoms with Crippen LogP contribution >= 0.6 is 0 Å². The summed E-state index contributed by atoms with van der Waals surface area (Å²) in [6, 6.07) is 0.485. The van der Waals surface area contributed by atoms with Crippen molar-refractivity contribution in [3.63, 3.8) is 0 Å². The molecule has 0 aliphatic heterocycles. The van der Waals surface area contributed by atoms with E-state index in [0.717, 1.165) is 6.42 Å². The Morgan fingerprint density at radius 1 is 1.69 bits per heavy atom. The highest BCUT2D eigenvalue weighted by Crippen LogP contribution is 2.00. The molecule has 0 bridgehead atoms. The molecule has 0 aromatic rings. The van der Waals surface area contributed by atoms with Crippen LogP contribution in [0.15, 0.2) is 0 Å². The minimum Gasteiger partial charge on any atom is -0.356 e. The Balaban J connectivity index is 3.57. The SMILES string of the molecule is CCC(C)N(C)CCC(=O)ONN. The molecule has 78 valence electrons. The second-order valence-corrected chi connectivity index (χ2v) is 3.08. The van der Waals surface area contributed by atoms with Crippen molar-refractivity contribution in [1.82, 2.24) is 10.5 Å². The summed E-state index contributed by atoms with van der Waals surface area (Å²) in [5.41, 5.74) is 1.87. The van der Waals surface area contributed by atoms with Crippen LogP contribution in [0, 0.1) is 0 Å². The van der Waals surface area contributed by atoms with Crippen molar-refractivity contribution in [2.45, 2.75) is 32.7 Å². The van der Waals surface area contributed by atoms with E-state index in [-0.39, 0.29) is 5.97 Å². The number of rotatable bonds is 6. The van der Waals surface area contributed by atoms with E-state index in [1.165, 1.54) is 0 Å². The first-order chi connectivity index (χ1) is 6.11. The Bertz CT molecular complexity index is 152. The molecule has 0 aliphatic rings. The lowest BCUT2D eigenvalue weighted by atomic mass is 10.2. The summed E-state index contributed by atoms with van der Waals surface area (Å²) in [6.07, 6.45) is 1.42. The van der Waals surface area contributed by atoms with Gasteiger partial charge in [-0.15, -0.1) is 0 Å². The fourth-order valence-electron chi connectivity index (χ4n) is 0.916. The fourth-order valence-corrected chi connectivity index (χ4v) is 0.916. The number of hydrogen-bond donors (Lipinski definition) is 2. The molecule has 0 fully saturated rings. The maximum absolute atomic E-state index is 10.9. The molecular weight excluding hydrogens is 170 g/mol. The van der Waals surface area contributed by atoms with Gasteiger partial charge in [0.1, 0.15) is 0 Å². The van der Waals surface area contributed by atoms with Gasteiger partial charge in [-0.2, -0.15) is 0 Å². The number of nitrogens with zero attached hydrogens (tertiary/aromatic N) is 1. The molecule has 0 saturated heterocycles. The van der Waals surface area contributed by atoms with Crippen LogP contribution in [0.3, 0.4) is 0 Å². The van der Waals surface area contributed by atoms with Crippen LogP contribution in [0.1, 0.15) is 26.7 Å². The minimum atomic E-state index is -0.336. The zero-order valence-electron chi connectivity index (χ0n) is 8.54. The van der Waals surface area contributed by atoms with Crippen LogP contribution in [-0.2, 0) is 9.63 Å². The van der Waals surface area contributed by atoms with Gasteiger partial charge in [0.25, 0.3) is 0 Å². The van der Waals surface area contributed by atoms with E-state index in [9.17, 15) is 4.79 Å². The Morgan fingerprint density at radius 2 is 2.31 bits per heavy atom. The third kappa shape index (κ3) is 5.57. The van der Waals surface area contributed by atoms with Gasteiger partial charge in [-0.1, -0.05) is 12.5 Å². The van der Waals surface area contributed by atoms with E-state index < -0.39 is 0 Å². The van der Waals surface area contributed by atoms with Crippen LogP contribution in [0.25, 0.3) is 0 Å². The van der Waals surface area contributed by atoms with Crippen molar-refractivity contribution >= 4 is 5.97 Å². The molecule has 5 heteroatoms. The van der Waals surface area contributed by atoms with Gasteiger partial charge in [-0.05, 0) is 20.4 Å². The maximum atomic E-state index is 10.9. The average Bonchev–Trinajstić information content (AvgIpc) is 2.13. The Labute approximate surface area is 79.1 Å². The lowest BCUT2D eigenvalue weighted by Crippen LogP contribution is -2.32. The van der Waals surface area contributed by atoms with Crippen molar-refractivity contribution in [1.29, 1.82) is 0 Å². The summed E-state index contributed by atoms with van der Waals surface area (Å²) in [6.45, 7) is 4.92. The first-order valence-electron chi connectivity index (χ1n) is 4.47. The molecule has 1 atom stereocenters. The topological polar surface area (TPSA) is 67.6 Å². The first-order valence-corrected chi connectivity index (χ1v) is 4.47. The smallest absolute Gasteiger partial charge is 0.327 e. The van der Waals surface area contributed by atoms with Crippen molar-refractivity contribution in [3.8, 4) is 0 Å². The van der Waals surface area contributed by atoms with Crippen LogP contribution in [0.4, 0.5) is 0 Å². The van der Waals surface area contributed by atoms with Gasteiger partial charge in [0.05, 0.1) is 6.42 Å². The predicted molar refractivity (Wildman–Crippen MR) is 50.4 cm³/mol. The Morgan fingerprint density at radius 3 is 2.77 bits per heavy atom. The number of carbonyl (C=O) groups excluding carboxylic acids is 1. The summed E-state index contributed by atoms with van der Waals surface area (Å²) in [4.78, 5) is 17.3. The van der Waals surface area contributed by atoms with E-state index in [1.807, 2.05) is 12.6 Å². The zero-order chi connectivity index (χ0) is 10.3. The lowest BCUT2D eigenvalue weighted by molar-refractivity contribution is -0.151. The van der Waals surface area contributed by atoms with Gasteiger partial charge in [-0.3, -0.25) is 4.79 Å². The molecule has 0 aliphatic carbocycles. The molecule has 0 amide bonds. The molecule has 0 aromatic heterocycles. The molecule has 0 heterocycles. The van der Waals surface area contributed by atoms with Gasteiger partial charge < -0.3 is 9.74 Å². The summed E-state index contributed by atoms with van der Waals surface area (Å²) in [5, 5.41) is 0. The molecule has 0 radical (unpaired) electrons. The molecule has 5 nitrogen and oxygen atoms in total. The van der Waals surface area contributed by atoms with E-state index in [0.29, 0.717) is 19.0 Å². The first kappa shape index (κ1) is 12.3. The van der Waals surface area contributed by atoms with Crippen molar-refractivity contribution in [2.75, 3.05) is 13.6 Å². The highest BCUT2D eigenvalue weighted by molar-refractivity contribution is 5.69. The lowest BCUT2D eigenvalue weighted by Gasteiger charge is -2.22. The highest BCUT2D eigenvalue weighted by atomic mass is 16.7. The van der Waals surface area contributed by atoms with Gasteiger partial charge >= 0.3 is 5.97 Å². The second kappa shape index (κ2) is 6.82. The van der Waals surface area contributed by atoms with Gasteiger partial charge in [0.2, 0.25) is 0 Å². The standard InChI is InChI=1S/C8H19N3O2/c1-4-7(2)11(3)6-5-8(12)13-10-9/h7,10H,4-6,9H2,1-3H3. The van der Waals surface area contributed by atoms with Crippen LogP contribution in [0.5, 0.6) is 0 Å². The molecule has 3 N–H and O–H groups in total. The quantitative estimate of drug-likeness (QED) is 0.456. The Hall–Kier alpha value is -0.650. The number of hydrazine groups is 1. The summed E-state index contributed by atoms with van der Waals surface area (Å²) in [5.74, 6) is 4.48. The number of carbonyl (C=O) groups is 1. The number of hydrogen-bond acceptors (Lipinski definition) is 5. The van der Waals surface area contributed by atoms with E-state index in [1.54, 1.807) is 0 Å². The Kier molecular flexibility index (Phi) is 6.48. The summed E-state index contributed by atoms with van der Waals surface area (Å²) < 4.78 is 0. The molecule has 0 saturated carbocycles. The molecular formula is C8H19N3O2. The van der Waals surface area contributed by atoms with Crippen LogP contribution in [-0.4, -0.2) is 30.5 Å². The maximum Gasteiger partial charge on any atom is 0.327 e. The number of nitrogens with one attached hydrogen (secondary N) is 1. The van der Waals surface area contributed by atoms with E-state index in [2.05, 4.69) is 23.6 Å². The van der Waals surface area contributed by atoms with Crippen molar-refractivity contribution < 1.29 is 9.63 Å². The second-order valence-electron chi connectivity index (χ2n) is 3.08. The van der Waals surface area contributed by atoms with Crippen molar-refractivity contribution in [3.05, 3.63) is 0 Å². The largest absolute Gasteiger partial charge is 0.356 e.